The molecule has 0 unspecified atom stereocenters. The molecule has 6 nitrogen and oxygen atoms in total. The Morgan fingerprint density at radius 3 is 2.44 bits per heavy atom. The highest BCUT2D eigenvalue weighted by Gasteiger charge is 2.24. The molecule has 1 aliphatic heterocycles. The zero-order chi connectivity index (χ0) is 12.0. The first kappa shape index (κ1) is 12.9. The quantitative estimate of drug-likeness (QED) is 0.507. The van der Waals surface area contributed by atoms with Gasteiger partial charge in [0.15, 0.2) is 0 Å². The van der Waals surface area contributed by atoms with Crippen molar-refractivity contribution in [2.45, 2.75) is 20.0 Å². The van der Waals surface area contributed by atoms with Crippen molar-refractivity contribution in [1.82, 2.24) is 0 Å². The molecule has 6 heteroatoms. The Morgan fingerprint density at radius 1 is 1.25 bits per heavy atom. The summed E-state index contributed by atoms with van der Waals surface area (Å²) in [4.78, 5) is 22.4. The van der Waals surface area contributed by atoms with E-state index in [1.807, 2.05) is 13.8 Å². The van der Waals surface area contributed by atoms with Crippen LogP contribution in [0.5, 0.6) is 0 Å². The first-order valence-electron chi connectivity index (χ1n) is 5.13. The molecule has 0 bridgehead atoms. The minimum Gasteiger partial charge on any atom is -0.457 e. The van der Waals surface area contributed by atoms with Gasteiger partial charge in [-0.2, -0.15) is 0 Å². The highest BCUT2D eigenvalue weighted by atomic mass is 16.7. The van der Waals surface area contributed by atoms with E-state index in [4.69, 9.17) is 18.9 Å². The Labute approximate surface area is 93.8 Å². The third-order valence-corrected chi connectivity index (χ3v) is 1.76. The summed E-state index contributed by atoms with van der Waals surface area (Å²) >= 11 is 0. The third kappa shape index (κ3) is 4.59. The largest absolute Gasteiger partial charge is 0.457 e. The van der Waals surface area contributed by atoms with Crippen LogP contribution in [0.3, 0.4) is 0 Å². The van der Waals surface area contributed by atoms with Gasteiger partial charge in [0.25, 0.3) is 0 Å². The summed E-state index contributed by atoms with van der Waals surface area (Å²) in [6, 6.07) is 0. The minimum absolute atomic E-state index is 0.179. The van der Waals surface area contributed by atoms with Crippen LogP contribution in [0.2, 0.25) is 0 Å². The molecule has 1 heterocycles. The van der Waals surface area contributed by atoms with Gasteiger partial charge in [0, 0.05) is 0 Å². The number of hydrogen-bond acceptors (Lipinski definition) is 6. The normalized spacial score (nSPS) is 17.2. The smallest absolute Gasteiger partial charge is 0.417 e. The zero-order valence-electron chi connectivity index (χ0n) is 9.43. The molecule has 92 valence electrons. The van der Waals surface area contributed by atoms with Crippen molar-refractivity contribution >= 4 is 11.9 Å². The second kappa shape index (κ2) is 6.44. The molecule has 0 atom stereocenters. The van der Waals surface area contributed by atoms with Gasteiger partial charge in [-0.15, -0.1) is 0 Å². The molecule has 1 rings (SSSR count). The van der Waals surface area contributed by atoms with E-state index < -0.39 is 18.0 Å². The van der Waals surface area contributed by atoms with Crippen LogP contribution in [0, 0.1) is 5.92 Å². The minimum atomic E-state index is -1.00. The van der Waals surface area contributed by atoms with E-state index >= 15 is 0 Å². The van der Waals surface area contributed by atoms with Crippen molar-refractivity contribution in [3.05, 3.63) is 0 Å². The lowest BCUT2D eigenvalue weighted by molar-refractivity contribution is -0.191. The molecule has 0 amide bonds. The number of rotatable bonds is 3. The Bertz CT molecular complexity index is 244. The van der Waals surface area contributed by atoms with Crippen molar-refractivity contribution in [3.8, 4) is 0 Å². The number of hydrogen-bond donors (Lipinski definition) is 0. The van der Waals surface area contributed by atoms with Gasteiger partial charge in [0.1, 0.15) is 12.9 Å². The van der Waals surface area contributed by atoms with E-state index in [1.165, 1.54) is 0 Å². The highest BCUT2D eigenvalue weighted by Crippen LogP contribution is 2.03. The molecule has 0 aliphatic carbocycles. The van der Waals surface area contributed by atoms with Crippen molar-refractivity contribution in [3.63, 3.8) is 0 Å². The lowest BCUT2D eigenvalue weighted by Gasteiger charge is -2.21. The van der Waals surface area contributed by atoms with E-state index in [-0.39, 0.29) is 32.5 Å². The maximum Gasteiger partial charge on any atom is 0.417 e. The Balaban J connectivity index is 2.25. The fourth-order valence-electron chi connectivity index (χ4n) is 1.03. The van der Waals surface area contributed by atoms with Gasteiger partial charge < -0.3 is 18.9 Å². The lowest BCUT2D eigenvalue weighted by atomic mass is 10.2. The maximum absolute atomic E-state index is 11.2. The van der Waals surface area contributed by atoms with Crippen LogP contribution in [-0.2, 0) is 28.5 Å². The molecule has 1 saturated heterocycles. The molecule has 0 radical (unpaired) electrons. The van der Waals surface area contributed by atoms with Crippen LogP contribution >= 0.6 is 0 Å². The highest BCUT2D eigenvalue weighted by molar-refractivity contribution is 6.29. The maximum atomic E-state index is 11.2. The summed E-state index contributed by atoms with van der Waals surface area (Å²) in [6.07, 6.45) is -0.534. The van der Waals surface area contributed by atoms with E-state index in [2.05, 4.69) is 0 Å². The fraction of sp³-hybridized carbons (Fsp3) is 0.800. The summed E-state index contributed by atoms with van der Waals surface area (Å²) in [6.45, 7) is 4.62. The molecular formula is C10H16O6. The summed E-state index contributed by atoms with van der Waals surface area (Å²) in [5.41, 5.74) is 0. The van der Waals surface area contributed by atoms with E-state index in [9.17, 15) is 9.59 Å². The number of ether oxygens (including phenoxy) is 4. The van der Waals surface area contributed by atoms with Gasteiger partial charge >= 0.3 is 11.9 Å². The summed E-state index contributed by atoms with van der Waals surface area (Å²) in [5, 5.41) is 0. The van der Waals surface area contributed by atoms with E-state index in [0.717, 1.165) is 0 Å². The Morgan fingerprint density at radius 2 is 1.88 bits per heavy atom. The second-order valence-electron chi connectivity index (χ2n) is 3.88. The predicted molar refractivity (Wildman–Crippen MR) is 52.4 cm³/mol. The molecule has 0 aromatic heterocycles. The van der Waals surface area contributed by atoms with Gasteiger partial charge in [-0.3, -0.25) is 0 Å². The van der Waals surface area contributed by atoms with Crippen LogP contribution in [0.15, 0.2) is 0 Å². The molecule has 0 N–H and O–H groups in total. The monoisotopic (exact) mass is 232 g/mol. The van der Waals surface area contributed by atoms with Gasteiger partial charge in [-0.1, -0.05) is 13.8 Å². The first-order chi connectivity index (χ1) is 7.59. The molecule has 16 heavy (non-hydrogen) atoms. The van der Waals surface area contributed by atoms with Gasteiger partial charge in [0.05, 0.1) is 19.8 Å². The van der Waals surface area contributed by atoms with Gasteiger partial charge in [0.2, 0.25) is 0 Å². The average Bonchev–Trinajstić information content (AvgIpc) is 2.27. The summed E-state index contributed by atoms with van der Waals surface area (Å²) in [7, 11) is 0. The Kier molecular flexibility index (Phi) is 5.21. The molecule has 0 aromatic carbocycles. The van der Waals surface area contributed by atoms with Crippen molar-refractivity contribution in [1.29, 1.82) is 0 Å². The van der Waals surface area contributed by atoms with Crippen LogP contribution in [0.25, 0.3) is 0 Å². The number of carbonyl (C=O) groups excluding carboxylic acids is 2. The van der Waals surface area contributed by atoms with Crippen molar-refractivity contribution in [2.24, 2.45) is 5.92 Å². The predicted octanol–water partition coefficient (Wildman–Crippen LogP) is 0.102. The van der Waals surface area contributed by atoms with Crippen LogP contribution in [0.4, 0.5) is 0 Å². The van der Waals surface area contributed by atoms with Crippen LogP contribution in [-0.4, -0.2) is 44.7 Å². The second-order valence-corrected chi connectivity index (χ2v) is 3.88. The van der Waals surface area contributed by atoms with Crippen molar-refractivity contribution in [2.75, 3.05) is 26.6 Å². The topological polar surface area (TPSA) is 71.1 Å². The number of esters is 2. The lowest BCUT2D eigenvalue weighted by Crippen LogP contribution is -2.36. The molecular weight excluding hydrogens is 216 g/mol. The number of carbonyl (C=O) groups is 2. The Hall–Kier alpha value is -1.14. The standard InChI is InChI=1S/C10H16O6/c1-7(2)3-15-9(11)10(12)16-8-4-13-6-14-5-8/h7-8H,3-6H2,1-2H3. The average molecular weight is 232 g/mol. The van der Waals surface area contributed by atoms with Crippen LogP contribution in [0.1, 0.15) is 13.8 Å². The third-order valence-electron chi connectivity index (χ3n) is 1.76. The fourth-order valence-corrected chi connectivity index (χ4v) is 1.03. The van der Waals surface area contributed by atoms with E-state index in [1.54, 1.807) is 0 Å². The zero-order valence-corrected chi connectivity index (χ0v) is 9.43. The first-order valence-corrected chi connectivity index (χ1v) is 5.13. The molecule has 1 aliphatic rings. The SMILES string of the molecule is CC(C)COC(=O)C(=O)OC1COCOC1. The summed E-state index contributed by atoms with van der Waals surface area (Å²) < 4.78 is 19.4. The van der Waals surface area contributed by atoms with Crippen molar-refractivity contribution < 1.29 is 28.5 Å². The molecule has 1 fully saturated rings. The summed E-state index contributed by atoms with van der Waals surface area (Å²) in [5.74, 6) is -1.79. The molecule has 0 spiro atoms. The van der Waals surface area contributed by atoms with Gasteiger partial charge in [-0.25, -0.2) is 9.59 Å². The van der Waals surface area contributed by atoms with Gasteiger partial charge in [-0.05, 0) is 5.92 Å². The van der Waals surface area contributed by atoms with E-state index in [0.29, 0.717) is 0 Å². The van der Waals surface area contributed by atoms with Crippen LogP contribution < -0.4 is 0 Å². The molecule has 0 saturated carbocycles. The molecule has 0 aromatic rings.